The van der Waals surface area contributed by atoms with Crippen molar-refractivity contribution >= 4 is 10.9 Å². The van der Waals surface area contributed by atoms with Gasteiger partial charge in [-0.3, -0.25) is 4.98 Å². The van der Waals surface area contributed by atoms with Crippen LogP contribution in [0, 0.1) is 0 Å². The molecule has 0 aliphatic carbocycles. The number of pyridine rings is 1. The molecule has 1 aliphatic heterocycles. The SMILES string of the molecule is OCC1OC(O)C(O)C(OCCCCCCCCOc2ccc3ncccc3c2)C1O. The molecule has 0 radical (unpaired) electrons. The Balaban J connectivity index is 1.22. The molecule has 0 saturated carbocycles. The van der Waals surface area contributed by atoms with Gasteiger partial charge in [0, 0.05) is 18.2 Å². The average molecular weight is 436 g/mol. The third-order valence-electron chi connectivity index (χ3n) is 5.53. The molecule has 1 aliphatic rings. The number of aromatic nitrogens is 1. The van der Waals surface area contributed by atoms with Crippen molar-refractivity contribution in [2.75, 3.05) is 19.8 Å². The number of ether oxygens (including phenoxy) is 3. The molecule has 5 unspecified atom stereocenters. The summed E-state index contributed by atoms with van der Waals surface area (Å²) in [6, 6.07) is 9.87. The molecule has 3 rings (SSSR count). The van der Waals surface area contributed by atoms with Crippen molar-refractivity contribution in [2.24, 2.45) is 0 Å². The topological polar surface area (TPSA) is 122 Å². The molecule has 8 nitrogen and oxygen atoms in total. The Morgan fingerprint density at radius 1 is 0.903 bits per heavy atom. The van der Waals surface area contributed by atoms with Gasteiger partial charge in [-0.15, -0.1) is 0 Å². The number of unbranched alkanes of at least 4 members (excludes halogenated alkanes) is 5. The molecule has 1 aromatic carbocycles. The van der Waals surface area contributed by atoms with E-state index in [1.807, 2.05) is 30.3 Å². The molecule has 172 valence electrons. The van der Waals surface area contributed by atoms with Gasteiger partial charge in [-0.05, 0) is 37.1 Å². The number of benzene rings is 1. The lowest BCUT2D eigenvalue weighted by atomic mass is 9.99. The van der Waals surface area contributed by atoms with Crippen LogP contribution >= 0.6 is 0 Å². The standard InChI is InChI=1S/C23H33NO7/c25-15-19-20(26)22(21(27)23(28)31-19)30-13-6-4-2-1-3-5-12-29-17-9-10-18-16(14-17)8-7-11-24-18/h7-11,14,19-23,25-28H,1-6,12-13,15H2. The monoisotopic (exact) mass is 435 g/mol. The molecule has 2 aromatic rings. The number of aliphatic hydroxyl groups is 4. The first-order chi connectivity index (χ1) is 15.1. The Morgan fingerprint density at radius 3 is 2.42 bits per heavy atom. The van der Waals surface area contributed by atoms with E-state index in [4.69, 9.17) is 14.2 Å². The van der Waals surface area contributed by atoms with Crippen LogP contribution in [-0.2, 0) is 9.47 Å². The third kappa shape index (κ3) is 6.83. The number of hydrogen-bond acceptors (Lipinski definition) is 8. The number of hydrogen-bond donors (Lipinski definition) is 4. The highest BCUT2D eigenvalue weighted by Gasteiger charge is 2.44. The fourth-order valence-electron chi connectivity index (χ4n) is 3.73. The van der Waals surface area contributed by atoms with Crippen molar-refractivity contribution in [3.05, 3.63) is 36.5 Å². The van der Waals surface area contributed by atoms with Crippen molar-refractivity contribution < 1.29 is 34.6 Å². The van der Waals surface area contributed by atoms with Crippen LogP contribution in [0.5, 0.6) is 5.75 Å². The summed E-state index contributed by atoms with van der Waals surface area (Å²) in [5, 5.41) is 39.9. The van der Waals surface area contributed by atoms with Crippen LogP contribution in [-0.4, -0.2) is 75.9 Å². The van der Waals surface area contributed by atoms with Crippen LogP contribution in [0.1, 0.15) is 38.5 Å². The van der Waals surface area contributed by atoms with Crippen LogP contribution in [0.25, 0.3) is 10.9 Å². The van der Waals surface area contributed by atoms with Crippen molar-refractivity contribution in [1.29, 1.82) is 0 Å². The first-order valence-electron chi connectivity index (χ1n) is 11.0. The van der Waals surface area contributed by atoms with Crippen LogP contribution in [0.3, 0.4) is 0 Å². The maximum atomic E-state index is 10.1. The maximum absolute atomic E-state index is 10.1. The van der Waals surface area contributed by atoms with Crippen molar-refractivity contribution in [3.63, 3.8) is 0 Å². The van der Waals surface area contributed by atoms with Gasteiger partial charge in [0.15, 0.2) is 6.29 Å². The van der Waals surface area contributed by atoms with E-state index in [0.717, 1.165) is 55.2 Å². The highest BCUT2D eigenvalue weighted by Crippen LogP contribution is 2.23. The molecule has 4 N–H and O–H groups in total. The molecular weight excluding hydrogens is 402 g/mol. The van der Waals surface area contributed by atoms with Crippen LogP contribution in [0.4, 0.5) is 0 Å². The van der Waals surface area contributed by atoms with Gasteiger partial charge < -0.3 is 34.6 Å². The summed E-state index contributed by atoms with van der Waals surface area (Å²) in [6.45, 7) is 0.596. The van der Waals surface area contributed by atoms with E-state index in [-0.39, 0.29) is 0 Å². The van der Waals surface area contributed by atoms with E-state index in [1.54, 1.807) is 6.20 Å². The summed E-state index contributed by atoms with van der Waals surface area (Å²) in [6.07, 6.45) is 1.85. The molecule has 0 amide bonds. The van der Waals surface area contributed by atoms with Gasteiger partial charge in [-0.1, -0.05) is 31.7 Å². The lowest BCUT2D eigenvalue weighted by Gasteiger charge is -2.39. The zero-order valence-electron chi connectivity index (χ0n) is 17.7. The molecule has 8 heteroatoms. The van der Waals surface area contributed by atoms with Crippen molar-refractivity contribution in [1.82, 2.24) is 4.98 Å². The van der Waals surface area contributed by atoms with Gasteiger partial charge in [-0.2, -0.15) is 0 Å². The Labute approximate surface area is 182 Å². The molecule has 1 aromatic heterocycles. The van der Waals surface area contributed by atoms with E-state index in [0.29, 0.717) is 13.2 Å². The smallest absolute Gasteiger partial charge is 0.184 e. The lowest BCUT2D eigenvalue weighted by Crippen LogP contribution is -2.59. The predicted octanol–water partition coefficient (Wildman–Crippen LogP) is 1.77. The fraction of sp³-hybridized carbons (Fsp3) is 0.609. The predicted molar refractivity (Wildman–Crippen MR) is 115 cm³/mol. The number of rotatable bonds is 12. The second kappa shape index (κ2) is 12.3. The fourth-order valence-corrected chi connectivity index (χ4v) is 3.73. The summed E-state index contributed by atoms with van der Waals surface area (Å²) in [4.78, 5) is 4.30. The zero-order chi connectivity index (χ0) is 22.1. The number of nitrogens with zero attached hydrogens (tertiary/aromatic N) is 1. The van der Waals surface area contributed by atoms with Crippen LogP contribution in [0.15, 0.2) is 36.5 Å². The maximum Gasteiger partial charge on any atom is 0.184 e. The molecule has 1 saturated heterocycles. The summed E-state index contributed by atoms with van der Waals surface area (Å²) in [7, 11) is 0. The normalized spacial score (nSPS) is 26.3. The highest BCUT2D eigenvalue weighted by molar-refractivity contribution is 5.79. The summed E-state index contributed by atoms with van der Waals surface area (Å²) >= 11 is 0. The first-order valence-corrected chi connectivity index (χ1v) is 11.0. The largest absolute Gasteiger partial charge is 0.494 e. The average Bonchev–Trinajstić information content (AvgIpc) is 2.79. The Bertz CT molecular complexity index is 789. The number of fused-ring (bicyclic) bond motifs is 1. The van der Waals surface area contributed by atoms with E-state index in [9.17, 15) is 20.4 Å². The summed E-state index contributed by atoms with van der Waals surface area (Å²) in [5.74, 6) is 0.865. The first kappa shape index (κ1) is 23.8. The lowest BCUT2D eigenvalue weighted by molar-refractivity contribution is -0.294. The van der Waals surface area contributed by atoms with Gasteiger partial charge >= 0.3 is 0 Å². The van der Waals surface area contributed by atoms with Gasteiger partial charge in [-0.25, -0.2) is 0 Å². The molecule has 0 spiro atoms. The second-order valence-corrected chi connectivity index (χ2v) is 7.89. The minimum absolute atomic E-state index is 0.365. The van der Waals surface area contributed by atoms with Gasteiger partial charge in [0.2, 0.25) is 0 Å². The molecule has 0 bridgehead atoms. The van der Waals surface area contributed by atoms with E-state index in [2.05, 4.69) is 4.98 Å². The van der Waals surface area contributed by atoms with Gasteiger partial charge in [0.05, 0.1) is 18.7 Å². The van der Waals surface area contributed by atoms with Gasteiger partial charge in [0.1, 0.15) is 30.2 Å². The van der Waals surface area contributed by atoms with E-state index >= 15 is 0 Å². The second-order valence-electron chi connectivity index (χ2n) is 7.89. The summed E-state index contributed by atoms with van der Waals surface area (Å²) in [5.41, 5.74) is 0.962. The van der Waals surface area contributed by atoms with Gasteiger partial charge in [0.25, 0.3) is 0 Å². The molecule has 5 atom stereocenters. The molecule has 2 heterocycles. The van der Waals surface area contributed by atoms with E-state index < -0.39 is 37.3 Å². The van der Waals surface area contributed by atoms with E-state index in [1.165, 1.54) is 0 Å². The van der Waals surface area contributed by atoms with Crippen LogP contribution in [0.2, 0.25) is 0 Å². The Hall–Kier alpha value is -1.81. The Morgan fingerprint density at radius 2 is 1.65 bits per heavy atom. The molecule has 1 fully saturated rings. The number of aliphatic hydroxyl groups excluding tert-OH is 4. The quantitative estimate of drug-likeness (QED) is 0.372. The zero-order valence-corrected chi connectivity index (χ0v) is 17.7. The highest BCUT2D eigenvalue weighted by atomic mass is 16.6. The van der Waals surface area contributed by atoms with Crippen LogP contribution < -0.4 is 4.74 Å². The molecular formula is C23H33NO7. The third-order valence-corrected chi connectivity index (χ3v) is 5.53. The Kier molecular flexibility index (Phi) is 9.45. The minimum Gasteiger partial charge on any atom is -0.494 e. The summed E-state index contributed by atoms with van der Waals surface area (Å²) < 4.78 is 16.3. The van der Waals surface area contributed by atoms with Crippen molar-refractivity contribution in [3.8, 4) is 5.75 Å². The van der Waals surface area contributed by atoms with Crippen molar-refractivity contribution in [2.45, 2.75) is 69.2 Å². The molecule has 31 heavy (non-hydrogen) atoms. The minimum atomic E-state index is -1.47.